The Morgan fingerprint density at radius 3 is 1.96 bits per heavy atom. The molecule has 0 heterocycles. The molecule has 25 heavy (non-hydrogen) atoms. The predicted molar refractivity (Wildman–Crippen MR) is 98.6 cm³/mol. The summed E-state index contributed by atoms with van der Waals surface area (Å²) in [6, 6.07) is 9.24. The summed E-state index contributed by atoms with van der Waals surface area (Å²) in [5.41, 5.74) is 2.48. The summed E-state index contributed by atoms with van der Waals surface area (Å²) in [6.45, 7) is 7.44. The Kier molecular flexibility index (Phi) is 5.27. The third-order valence-corrected chi connectivity index (χ3v) is 6.34. The molecule has 0 aliphatic carbocycles. The zero-order chi connectivity index (χ0) is 19.0. The number of rotatable bonds is 5. The number of sulfonamides is 2. The van der Waals surface area contributed by atoms with E-state index >= 15 is 0 Å². The lowest BCUT2D eigenvalue weighted by Gasteiger charge is -2.14. The second kappa shape index (κ2) is 6.78. The Hall–Kier alpha value is -1.90. The van der Waals surface area contributed by atoms with Crippen LogP contribution in [-0.2, 0) is 20.0 Å². The number of aryl methyl sites for hydroxylation is 1. The van der Waals surface area contributed by atoms with Gasteiger partial charge in [0.1, 0.15) is 0 Å². The maximum atomic E-state index is 12.6. The van der Waals surface area contributed by atoms with Crippen LogP contribution in [0.15, 0.2) is 46.2 Å². The minimum absolute atomic E-state index is 0.106. The fourth-order valence-electron chi connectivity index (χ4n) is 2.33. The van der Waals surface area contributed by atoms with Crippen molar-refractivity contribution in [3.05, 3.63) is 53.1 Å². The molecule has 8 heteroatoms. The summed E-state index contributed by atoms with van der Waals surface area (Å²) in [6.07, 6.45) is 0. The van der Waals surface area contributed by atoms with Gasteiger partial charge in [0, 0.05) is 0 Å². The maximum Gasteiger partial charge on any atom is 0.261 e. The second-order valence-corrected chi connectivity index (χ2v) is 9.53. The van der Waals surface area contributed by atoms with Crippen molar-refractivity contribution in [2.45, 2.75) is 43.4 Å². The standard InChI is InChI=1S/C17H22N2O4S2/c1-11(2)14-5-7-15(8-6-14)25(22,23)19-17-10-16(24(18,20)21)9-12(3)13(17)4/h5-11,19H,1-4H3,(H2,18,20,21). The van der Waals surface area contributed by atoms with Crippen LogP contribution >= 0.6 is 0 Å². The molecule has 2 rings (SSSR count). The van der Waals surface area contributed by atoms with E-state index in [9.17, 15) is 16.8 Å². The fourth-order valence-corrected chi connectivity index (χ4v) is 4.07. The van der Waals surface area contributed by atoms with E-state index in [0.717, 1.165) is 5.56 Å². The molecule has 136 valence electrons. The van der Waals surface area contributed by atoms with E-state index < -0.39 is 20.0 Å². The monoisotopic (exact) mass is 382 g/mol. The van der Waals surface area contributed by atoms with Gasteiger partial charge in [-0.1, -0.05) is 26.0 Å². The molecule has 0 spiro atoms. The van der Waals surface area contributed by atoms with Crippen LogP contribution in [0.5, 0.6) is 0 Å². The molecule has 2 aromatic carbocycles. The summed E-state index contributed by atoms with van der Waals surface area (Å²) in [7, 11) is -7.78. The van der Waals surface area contributed by atoms with Crippen LogP contribution in [0.2, 0.25) is 0 Å². The van der Waals surface area contributed by atoms with Crippen molar-refractivity contribution in [3.63, 3.8) is 0 Å². The summed E-state index contributed by atoms with van der Waals surface area (Å²) < 4.78 is 50.9. The van der Waals surface area contributed by atoms with Crippen molar-refractivity contribution in [2.24, 2.45) is 5.14 Å². The summed E-state index contributed by atoms with van der Waals surface area (Å²) in [5, 5.41) is 5.16. The molecule has 3 N–H and O–H groups in total. The SMILES string of the molecule is Cc1cc(S(N)(=O)=O)cc(NS(=O)(=O)c2ccc(C(C)C)cc2)c1C. The Balaban J connectivity index is 2.45. The predicted octanol–water partition coefficient (Wildman–Crippen LogP) is 2.88. The van der Waals surface area contributed by atoms with E-state index in [0.29, 0.717) is 17.0 Å². The molecule has 0 atom stereocenters. The highest BCUT2D eigenvalue weighted by Gasteiger charge is 2.19. The molecule has 0 saturated heterocycles. The molecule has 0 radical (unpaired) electrons. The maximum absolute atomic E-state index is 12.6. The second-order valence-electron chi connectivity index (χ2n) is 6.29. The number of hydrogen-bond acceptors (Lipinski definition) is 4. The Morgan fingerprint density at radius 2 is 1.48 bits per heavy atom. The fraction of sp³-hybridized carbons (Fsp3) is 0.294. The van der Waals surface area contributed by atoms with E-state index in [1.807, 2.05) is 13.8 Å². The number of hydrogen-bond donors (Lipinski definition) is 2. The van der Waals surface area contributed by atoms with Crippen LogP contribution < -0.4 is 9.86 Å². The molecule has 0 saturated carbocycles. The average molecular weight is 383 g/mol. The zero-order valence-electron chi connectivity index (χ0n) is 14.6. The number of anilines is 1. The van der Waals surface area contributed by atoms with E-state index in [2.05, 4.69) is 4.72 Å². The number of primary sulfonamides is 1. The van der Waals surface area contributed by atoms with E-state index in [-0.39, 0.29) is 15.5 Å². The first-order valence-corrected chi connectivity index (χ1v) is 10.7. The van der Waals surface area contributed by atoms with Gasteiger partial charge in [0.2, 0.25) is 10.0 Å². The minimum atomic E-state index is -3.93. The Labute approximate surface area is 149 Å². The number of nitrogens with two attached hydrogens (primary N) is 1. The first-order chi connectivity index (χ1) is 11.4. The van der Waals surface area contributed by atoms with Crippen LogP contribution in [0.4, 0.5) is 5.69 Å². The zero-order valence-corrected chi connectivity index (χ0v) is 16.2. The molecule has 0 unspecified atom stereocenters. The largest absolute Gasteiger partial charge is 0.279 e. The van der Waals surface area contributed by atoms with E-state index in [1.165, 1.54) is 24.3 Å². The minimum Gasteiger partial charge on any atom is -0.279 e. The summed E-state index contributed by atoms with van der Waals surface area (Å²) in [5.74, 6) is 0.293. The first-order valence-electron chi connectivity index (χ1n) is 7.68. The molecule has 0 amide bonds. The Bertz CT molecular complexity index is 994. The van der Waals surface area contributed by atoms with Gasteiger partial charge in [0.25, 0.3) is 10.0 Å². The number of benzene rings is 2. The normalized spacial score (nSPS) is 12.4. The average Bonchev–Trinajstić information content (AvgIpc) is 2.50. The first kappa shape index (κ1) is 19.4. The van der Waals surface area contributed by atoms with Crippen LogP contribution in [0.1, 0.15) is 36.5 Å². The van der Waals surface area contributed by atoms with Crippen molar-refractivity contribution in [1.29, 1.82) is 0 Å². The molecular weight excluding hydrogens is 360 g/mol. The highest BCUT2D eigenvalue weighted by molar-refractivity contribution is 7.92. The van der Waals surface area contributed by atoms with Gasteiger partial charge < -0.3 is 0 Å². The molecule has 0 bridgehead atoms. The summed E-state index contributed by atoms with van der Waals surface area (Å²) >= 11 is 0. The van der Waals surface area contributed by atoms with Gasteiger partial charge in [0.15, 0.2) is 0 Å². The van der Waals surface area contributed by atoms with Gasteiger partial charge in [0.05, 0.1) is 15.5 Å². The van der Waals surface area contributed by atoms with Crippen LogP contribution in [0.25, 0.3) is 0 Å². The lowest BCUT2D eigenvalue weighted by atomic mass is 10.0. The quantitative estimate of drug-likeness (QED) is 0.829. The lowest BCUT2D eigenvalue weighted by molar-refractivity contribution is 0.596. The van der Waals surface area contributed by atoms with Crippen LogP contribution in [0, 0.1) is 13.8 Å². The van der Waals surface area contributed by atoms with Gasteiger partial charge in [-0.15, -0.1) is 0 Å². The van der Waals surface area contributed by atoms with Gasteiger partial charge in [-0.3, -0.25) is 4.72 Å². The summed E-state index contributed by atoms with van der Waals surface area (Å²) in [4.78, 5) is -0.0292. The molecule has 0 aliphatic rings. The van der Waals surface area contributed by atoms with Gasteiger partial charge >= 0.3 is 0 Å². The Morgan fingerprint density at radius 1 is 0.920 bits per heavy atom. The molecule has 6 nitrogen and oxygen atoms in total. The molecule has 0 aliphatic heterocycles. The molecule has 0 fully saturated rings. The van der Waals surface area contributed by atoms with Crippen molar-refractivity contribution in [2.75, 3.05) is 4.72 Å². The highest BCUT2D eigenvalue weighted by atomic mass is 32.2. The third kappa shape index (κ3) is 4.39. The van der Waals surface area contributed by atoms with E-state index in [1.54, 1.807) is 26.0 Å². The topological polar surface area (TPSA) is 106 Å². The van der Waals surface area contributed by atoms with Gasteiger partial charge in [-0.2, -0.15) is 0 Å². The van der Waals surface area contributed by atoms with Crippen molar-refractivity contribution < 1.29 is 16.8 Å². The molecule has 0 aromatic heterocycles. The highest BCUT2D eigenvalue weighted by Crippen LogP contribution is 2.26. The molecular formula is C17H22N2O4S2. The van der Waals surface area contributed by atoms with Crippen molar-refractivity contribution >= 4 is 25.7 Å². The van der Waals surface area contributed by atoms with Crippen molar-refractivity contribution in [3.8, 4) is 0 Å². The van der Waals surface area contributed by atoms with Gasteiger partial charge in [-0.05, 0) is 60.7 Å². The smallest absolute Gasteiger partial charge is 0.261 e. The van der Waals surface area contributed by atoms with Crippen LogP contribution in [-0.4, -0.2) is 16.8 Å². The van der Waals surface area contributed by atoms with E-state index in [4.69, 9.17) is 5.14 Å². The number of nitrogens with one attached hydrogen (secondary N) is 1. The molecule has 2 aromatic rings. The van der Waals surface area contributed by atoms with Crippen LogP contribution in [0.3, 0.4) is 0 Å². The lowest BCUT2D eigenvalue weighted by Crippen LogP contribution is -2.17. The van der Waals surface area contributed by atoms with Gasteiger partial charge in [-0.25, -0.2) is 22.0 Å². The third-order valence-electron chi connectivity index (χ3n) is 4.07. The van der Waals surface area contributed by atoms with Crippen molar-refractivity contribution in [1.82, 2.24) is 0 Å².